The average Bonchev–Trinajstić information content (AvgIpc) is 3.74. The molecule has 14 nitrogen and oxygen atoms in total. The molecule has 2 aromatic rings. The summed E-state index contributed by atoms with van der Waals surface area (Å²) >= 11 is 0. The quantitative estimate of drug-likeness (QED) is 0.213. The summed E-state index contributed by atoms with van der Waals surface area (Å²) in [6, 6.07) is 14.2. The zero-order chi connectivity index (χ0) is 35.3. The molecule has 2 aromatic carbocycles. The standard InChI is InChI=1S/C32H30N6O8S4/c1-13(39)29-25(45)37-21-27(15-9-5-7-11-17(15)33-21,19(41)31(37,49-47-29)23(43)35(29)3)28-16-10-6-8-12-18(16)34-22(28)38-26(46)30(14(2)40)36(4)24(44)32(38,20(28)42)50-48-30/h5-13,19-22,33-34,39,41-42H,1-4H3/t13-,19-,20-,21+,22+,27+,28+,29-,30+,31-,32+/m0/s1. The van der Waals surface area contributed by atoms with Crippen LogP contribution in [0.5, 0.6) is 0 Å². The molecule has 4 bridgehead atoms. The summed E-state index contributed by atoms with van der Waals surface area (Å²) in [5.41, 5.74) is -1.64. The number of fused-ring (bicyclic) bond motifs is 11. The summed E-state index contributed by atoms with van der Waals surface area (Å²) in [6.45, 7) is 2.70. The van der Waals surface area contributed by atoms with Crippen LogP contribution < -0.4 is 10.6 Å². The third kappa shape index (κ3) is 2.61. The van der Waals surface area contributed by atoms with Gasteiger partial charge in [0.25, 0.3) is 23.6 Å². The molecule has 260 valence electrons. The monoisotopic (exact) mass is 754 g/mol. The first-order chi connectivity index (χ1) is 23.7. The van der Waals surface area contributed by atoms with Crippen molar-refractivity contribution in [1.29, 1.82) is 0 Å². The van der Waals surface area contributed by atoms with Gasteiger partial charge in [-0.3, -0.25) is 33.8 Å². The van der Waals surface area contributed by atoms with E-state index in [9.17, 15) is 39.3 Å². The van der Waals surface area contributed by atoms with E-state index in [1.54, 1.807) is 48.5 Å². The smallest absolute Gasteiger partial charge is 0.271 e. The van der Waals surface area contributed by atoms with Crippen molar-refractivity contribution >= 4 is 84.0 Å². The maximum absolute atomic E-state index is 15.0. The molecule has 8 fully saturated rings. The van der Waals surface area contributed by atoms with Crippen molar-refractivity contribution in [3.8, 4) is 0 Å². The first-order valence-corrected chi connectivity index (χ1v) is 20.3. The van der Waals surface area contributed by atoms with Crippen molar-refractivity contribution in [3.63, 3.8) is 0 Å². The number of benzene rings is 2. The maximum atomic E-state index is 15.0. The molecule has 8 saturated heterocycles. The Balaban J connectivity index is 1.34. The molecule has 0 aromatic heterocycles. The highest BCUT2D eigenvalue weighted by atomic mass is 33.1. The number of para-hydroxylation sites is 2. The summed E-state index contributed by atoms with van der Waals surface area (Å²) < 4.78 is 0. The van der Waals surface area contributed by atoms with Crippen molar-refractivity contribution in [2.24, 2.45) is 0 Å². The van der Waals surface area contributed by atoms with Crippen LogP contribution in [0.3, 0.4) is 0 Å². The van der Waals surface area contributed by atoms with Gasteiger partial charge in [0, 0.05) is 25.5 Å². The number of carbonyl (C=O) groups is 5. The number of Topliss-reactive ketones (excluding diaryl/α,β-unsaturated/α-hetero) is 1. The molecule has 11 atom stereocenters. The Labute approximate surface area is 300 Å². The lowest BCUT2D eigenvalue weighted by Crippen LogP contribution is -2.80. The first-order valence-electron chi connectivity index (χ1n) is 16.0. The van der Waals surface area contributed by atoms with E-state index < -0.39 is 90.4 Å². The predicted octanol–water partition coefficient (Wildman–Crippen LogP) is 0.261. The number of aliphatic hydroxyl groups is 3. The van der Waals surface area contributed by atoms with Gasteiger partial charge in [0.2, 0.25) is 19.5 Å². The van der Waals surface area contributed by atoms with Crippen molar-refractivity contribution in [2.75, 3.05) is 24.7 Å². The van der Waals surface area contributed by atoms with Crippen LogP contribution in [-0.4, -0.2) is 129 Å². The minimum atomic E-state index is -1.97. The van der Waals surface area contributed by atoms with Crippen LogP contribution in [0.1, 0.15) is 25.0 Å². The Hall–Kier alpha value is -3.13. The lowest BCUT2D eigenvalue weighted by atomic mass is 9.52. The summed E-state index contributed by atoms with van der Waals surface area (Å²) in [4.78, 5) is 70.2. The van der Waals surface area contributed by atoms with Crippen LogP contribution in [0.15, 0.2) is 48.5 Å². The van der Waals surface area contributed by atoms with E-state index in [1.807, 2.05) is 0 Å². The first kappa shape index (κ1) is 31.6. The number of piperazine rings is 2. The zero-order valence-corrected chi connectivity index (χ0v) is 30.1. The average molecular weight is 755 g/mol. The Kier molecular flexibility index (Phi) is 5.74. The van der Waals surface area contributed by atoms with Crippen LogP contribution >= 0.6 is 43.2 Å². The molecule has 18 heteroatoms. The van der Waals surface area contributed by atoms with E-state index in [4.69, 9.17) is 0 Å². The van der Waals surface area contributed by atoms with E-state index in [0.29, 0.717) is 22.5 Å². The van der Waals surface area contributed by atoms with Crippen LogP contribution in [-0.2, 0) is 34.8 Å². The minimum Gasteiger partial charge on any atom is -0.389 e. The van der Waals surface area contributed by atoms with Gasteiger partial charge in [-0.05, 0) is 80.3 Å². The fourth-order valence-electron chi connectivity index (χ4n) is 10.5. The topological polar surface area (TPSA) is 183 Å². The molecule has 0 aliphatic carbocycles. The summed E-state index contributed by atoms with van der Waals surface area (Å²) in [7, 11) is 6.69. The highest BCUT2D eigenvalue weighted by molar-refractivity contribution is 8.78. The third-order valence-corrected chi connectivity index (χ3v) is 20.0. The molecule has 50 heavy (non-hydrogen) atoms. The highest BCUT2D eigenvalue weighted by Crippen LogP contribution is 2.78. The molecule has 10 aliphatic heterocycles. The van der Waals surface area contributed by atoms with Gasteiger partial charge < -0.3 is 35.8 Å². The van der Waals surface area contributed by atoms with Crippen molar-refractivity contribution < 1.29 is 39.3 Å². The molecule has 10 aliphatic rings. The van der Waals surface area contributed by atoms with Crippen LogP contribution in [0.2, 0.25) is 0 Å². The number of hydrogen-bond donors (Lipinski definition) is 5. The number of carbonyl (C=O) groups excluding carboxylic acids is 5. The molecule has 4 amide bonds. The van der Waals surface area contributed by atoms with Gasteiger partial charge in [-0.25, -0.2) is 0 Å². The number of hydrogen-bond acceptors (Lipinski definition) is 14. The number of amides is 4. The lowest BCUT2D eigenvalue weighted by Gasteiger charge is -2.59. The molecule has 12 rings (SSSR count). The molecule has 0 unspecified atom stereocenters. The molecule has 0 radical (unpaired) electrons. The van der Waals surface area contributed by atoms with Gasteiger partial charge in [-0.1, -0.05) is 36.4 Å². The van der Waals surface area contributed by atoms with Gasteiger partial charge in [-0.15, -0.1) is 0 Å². The zero-order valence-electron chi connectivity index (χ0n) is 26.8. The van der Waals surface area contributed by atoms with E-state index in [-0.39, 0.29) is 0 Å². The number of ketones is 1. The Bertz CT molecular complexity index is 2060. The van der Waals surface area contributed by atoms with Crippen molar-refractivity contribution in [3.05, 3.63) is 59.7 Å². The minimum absolute atomic E-state index is 0.472. The van der Waals surface area contributed by atoms with E-state index in [0.717, 1.165) is 48.1 Å². The van der Waals surface area contributed by atoms with Crippen molar-refractivity contribution in [1.82, 2.24) is 19.6 Å². The molecular formula is C32H30N6O8S4. The molecular weight excluding hydrogens is 725 g/mol. The molecule has 2 spiro atoms. The van der Waals surface area contributed by atoms with Gasteiger partial charge in [0.1, 0.15) is 24.5 Å². The van der Waals surface area contributed by atoms with Crippen LogP contribution in [0.25, 0.3) is 0 Å². The van der Waals surface area contributed by atoms with E-state index >= 15 is 0 Å². The van der Waals surface area contributed by atoms with Gasteiger partial charge in [0.05, 0.1) is 16.9 Å². The number of aliphatic hydroxyl groups excluding tert-OH is 3. The lowest BCUT2D eigenvalue weighted by molar-refractivity contribution is -0.172. The van der Waals surface area contributed by atoms with E-state index in [2.05, 4.69) is 10.6 Å². The number of nitrogens with one attached hydrogen (secondary N) is 2. The Morgan fingerprint density at radius 1 is 0.720 bits per heavy atom. The highest BCUT2D eigenvalue weighted by Gasteiger charge is 2.93. The van der Waals surface area contributed by atoms with Crippen LogP contribution in [0.4, 0.5) is 11.4 Å². The van der Waals surface area contributed by atoms with Crippen LogP contribution in [0, 0.1) is 0 Å². The fraction of sp³-hybridized carbons (Fsp3) is 0.469. The van der Waals surface area contributed by atoms with E-state index in [1.165, 1.54) is 42.6 Å². The number of anilines is 2. The third-order valence-electron chi connectivity index (χ3n) is 12.6. The molecule has 10 heterocycles. The normalized spacial score (nSPS) is 44.8. The SMILES string of the molecule is CC(=O)[C@]12SS[C@@]3(C(=O)N1C)[C@@H](O)[C@]1([C@@]45c6ccccc6N[C@@H]4N4C(=O)[C@]6([C@H](C)O)SS[C@]4(C(=O)N6C)[C@H]5O)c4ccccc4N[C@@H]1N3C2=O. The van der Waals surface area contributed by atoms with Crippen molar-refractivity contribution in [2.45, 2.75) is 74.8 Å². The largest absolute Gasteiger partial charge is 0.389 e. The number of rotatable bonds is 3. The predicted molar refractivity (Wildman–Crippen MR) is 186 cm³/mol. The van der Waals surface area contributed by atoms with Gasteiger partial charge in [-0.2, -0.15) is 0 Å². The number of nitrogens with zero attached hydrogens (tertiary/aromatic N) is 4. The second kappa shape index (κ2) is 9.08. The molecule has 0 saturated carbocycles. The second-order valence-electron chi connectivity index (χ2n) is 14.1. The fourth-order valence-corrected chi connectivity index (χ4v) is 18.4. The summed E-state index contributed by atoms with van der Waals surface area (Å²) in [5.74, 6) is -3.11. The summed E-state index contributed by atoms with van der Waals surface area (Å²) in [6.07, 6.45) is -7.27. The Morgan fingerprint density at radius 2 is 1.18 bits per heavy atom. The second-order valence-corrected chi connectivity index (χ2v) is 19.2. The number of likely N-dealkylation sites (N-methyl/N-ethyl adjacent to an activating group) is 2. The maximum Gasteiger partial charge on any atom is 0.271 e. The Morgan fingerprint density at radius 3 is 1.68 bits per heavy atom. The van der Waals surface area contributed by atoms with Gasteiger partial charge >= 0.3 is 0 Å². The van der Waals surface area contributed by atoms with Gasteiger partial charge in [0.15, 0.2) is 5.78 Å². The summed E-state index contributed by atoms with van der Waals surface area (Å²) in [5, 5.41) is 44.8. The molecule has 5 N–H and O–H groups in total.